The van der Waals surface area contributed by atoms with Crippen molar-refractivity contribution in [1.29, 1.82) is 0 Å². The summed E-state index contributed by atoms with van der Waals surface area (Å²) in [6.07, 6.45) is 5.46. The number of nitrogen functional groups attached to an aromatic ring is 1. The maximum Gasteiger partial charge on any atom is 0.180 e. The molecule has 0 spiro atoms. The zero-order valence-corrected chi connectivity index (χ0v) is 9.19. The summed E-state index contributed by atoms with van der Waals surface area (Å²) in [5, 5.41) is 0.617. The van der Waals surface area contributed by atoms with Crippen LogP contribution < -0.4 is 5.73 Å². The highest BCUT2D eigenvalue weighted by molar-refractivity contribution is 7.15. The molecule has 0 fully saturated rings. The molecule has 1 heterocycles. The van der Waals surface area contributed by atoms with E-state index in [1.54, 1.807) is 6.08 Å². The number of rotatable bonds is 2. The van der Waals surface area contributed by atoms with E-state index in [2.05, 4.69) is 11.6 Å². The number of aromatic nitrogens is 1. The Morgan fingerprint density at radius 3 is 2.46 bits per heavy atom. The summed E-state index contributed by atoms with van der Waals surface area (Å²) in [5.74, 6) is 0. The normalized spacial score (nSPS) is 9.46. The molecule has 1 aromatic heterocycles. The van der Waals surface area contributed by atoms with Crippen molar-refractivity contribution in [3.8, 4) is 0 Å². The van der Waals surface area contributed by atoms with Gasteiger partial charge in [-0.15, -0.1) is 11.3 Å². The van der Waals surface area contributed by atoms with E-state index >= 15 is 0 Å². The Labute approximate surface area is 83.8 Å². The van der Waals surface area contributed by atoms with Crippen molar-refractivity contribution in [3.63, 3.8) is 0 Å². The number of thiazole rings is 1. The van der Waals surface area contributed by atoms with Crippen molar-refractivity contribution in [2.45, 2.75) is 20.8 Å². The van der Waals surface area contributed by atoms with E-state index in [-0.39, 0.29) is 0 Å². The first-order valence-electron chi connectivity index (χ1n) is 4.26. The lowest BCUT2D eigenvalue weighted by molar-refractivity contribution is 1.35. The SMILES string of the molecule is C=C/C=C\c1nc(N)sc1C.CC. The molecule has 0 atom stereocenters. The maximum atomic E-state index is 5.50. The van der Waals surface area contributed by atoms with Crippen LogP contribution in [0, 0.1) is 6.92 Å². The predicted molar refractivity (Wildman–Crippen MR) is 61.8 cm³/mol. The fourth-order valence-corrected chi connectivity index (χ4v) is 1.42. The lowest BCUT2D eigenvalue weighted by Gasteiger charge is -1.83. The fraction of sp³-hybridized carbons (Fsp3) is 0.300. The topological polar surface area (TPSA) is 38.9 Å². The quantitative estimate of drug-likeness (QED) is 0.737. The number of anilines is 1. The Balaban J connectivity index is 0.000000671. The highest BCUT2D eigenvalue weighted by atomic mass is 32.1. The van der Waals surface area contributed by atoms with Crippen LogP contribution in [-0.4, -0.2) is 4.98 Å². The molecule has 0 aliphatic heterocycles. The molecule has 0 unspecified atom stereocenters. The van der Waals surface area contributed by atoms with E-state index < -0.39 is 0 Å². The van der Waals surface area contributed by atoms with Gasteiger partial charge in [-0.1, -0.05) is 32.6 Å². The largest absolute Gasteiger partial charge is 0.375 e. The van der Waals surface area contributed by atoms with Crippen LogP contribution in [0.1, 0.15) is 24.4 Å². The third kappa shape index (κ3) is 3.90. The first kappa shape index (κ1) is 11.9. The number of aryl methyl sites for hydroxylation is 1. The van der Waals surface area contributed by atoms with E-state index in [0.717, 1.165) is 10.6 Å². The van der Waals surface area contributed by atoms with Gasteiger partial charge in [-0.25, -0.2) is 4.98 Å². The smallest absolute Gasteiger partial charge is 0.180 e. The highest BCUT2D eigenvalue weighted by Gasteiger charge is 1.99. The van der Waals surface area contributed by atoms with Crippen molar-refractivity contribution in [3.05, 3.63) is 29.3 Å². The lowest BCUT2D eigenvalue weighted by atomic mass is 10.3. The van der Waals surface area contributed by atoms with Crippen LogP contribution in [0.15, 0.2) is 18.7 Å². The number of allylic oxidation sites excluding steroid dienone is 2. The Morgan fingerprint density at radius 2 is 2.08 bits per heavy atom. The van der Waals surface area contributed by atoms with E-state index in [4.69, 9.17) is 5.73 Å². The Morgan fingerprint density at radius 1 is 1.46 bits per heavy atom. The molecular formula is C10H16N2S. The van der Waals surface area contributed by atoms with Crippen LogP contribution in [0.5, 0.6) is 0 Å². The summed E-state index contributed by atoms with van der Waals surface area (Å²) in [6, 6.07) is 0. The molecule has 72 valence electrons. The Bertz CT molecular complexity index is 287. The van der Waals surface area contributed by atoms with Crippen molar-refractivity contribution in [2.24, 2.45) is 0 Å². The first-order valence-corrected chi connectivity index (χ1v) is 5.07. The number of nitrogens with two attached hydrogens (primary N) is 1. The number of hydrogen-bond acceptors (Lipinski definition) is 3. The third-order valence-corrected chi connectivity index (χ3v) is 2.05. The highest BCUT2D eigenvalue weighted by Crippen LogP contribution is 2.19. The molecule has 0 aliphatic carbocycles. The van der Waals surface area contributed by atoms with Crippen LogP contribution in [0.25, 0.3) is 6.08 Å². The minimum atomic E-state index is 0.617. The van der Waals surface area contributed by atoms with Gasteiger partial charge in [0.1, 0.15) is 0 Å². The van der Waals surface area contributed by atoms with Gasteiger partial charge in [-0.05, 0) is 13.0 Å². The minimum Gasteiger partial charge on any atom is -0.375 e. The van der Waals surface area contributed by atoms with Crippen LogP contribution in [0.3, 0.4) is 0 Å². The van der Waals surface area contributed by atoms with Crippen molar-refractivity contribution in [1.82, 2.24) is 4.98 Å². The Kier molecular flexibility index (Phi) is 5.89. The maximum absolute atomic E-state index is 5.50. The molecule has 0 bridgehead atoms. The number of nitrogens with zero attached hydrogens (tertiary/aromatic N) is 1. The summed E-state index contributed by atoms with van der Waals surface area (Å²) in [6.45, 7) is 9.57. The van der Waals surface area contributed by atoms with Crippen molar-refractivity contribution >= 4 is 22.5 Å². The Hall–Kier alpha value is -1.09. The molecule has 0 aliphatic rings. The van der Waals surface area contributed by atoms with E-state index in [1.807, 2.05) is 32.9 Å². The average Bonchev–Trinajstić information content (AvgIpc) is 2.45. The van der Waals surface area contributed by atoms with Crippen LogP contribution >= 0.6 is 11.3 Å². The van der Waals surface area contributed by atoms with Crippen molar-refractivity contribution < 1.29 is 0 Å². The van der Waals surface area contributed by atoms with Gasteiger partial charge in [0, 0.05) is 4.88 Å². The molecule has 3 heteroatoms. The average molecular weight is 196 g/mol. The van der Waals surface area contributed by atoms with Gasteiger partial charge in [0.2, 0.25) is 0 Å². The molecular weight excluding hydrogens is 180 g/mol. The molecule has 0 aromatic carbocycles. The van der Waals surface area contributed by atoms with Crippen LogP contribution in [0.4, 0.5) is 5.13 Å². The fourth-order valence-electron chi connectivity index (χ4n) is 0.743. The molecule has 0 saturated heterocycles. The molecule has 2 N–H and O–H groups in total. The van der Waals surface area contributed by atoms with Gasteiger partial charge in [-0.2, -0.15) is 0 Å². The summed E-state index contributed by atoms with van der Waals surface area (Å²) in [7, 11) is 0. The molecule has 13 heavy (non-hydrogen) atoms. The predicted octanol–water partition coefficient (Wildman–Crippen LogP) is 3.26. The van der Waals surface area contributed by atoms with Gasteiger partial charge >= 0.3 is 0 Å². The molecule has 2 nitrogen and oxygen atoms in total. The zero-order valence-electron chi connectivity index (χ0n) is 8.37. The second kappa shape index (κ2) is 6.43. The molecule has 0 amide bonds. The molecule has 1 rings (SSSR count). The summed E-state index contributed by atoms with van der Waals surface area (Å²) in [5.41, 5.74) is 6.44. The van der Waals surface area contributed by atoms with Gasteiger partial charge in [0.15, 0.2) is 5.13 Å². The summed E-state index contributed by atoms with van der Waals surface area (Å²) in [4.78, 5) is 5.25. The van der Waals surface area contributed by atoms with Crippen molar-refractivity contribution in [2.75, 3.05) is 5.73 Å². The van der Waals surface area contributed by atoms with Gasteiger partial charge in [-0.3, -0.25) is 0 Å². The monoisotopic (exact) mass is 196 g/mol. The lowest BCUT2D eigenvalue weighted by Crippen LogP contribution is -1.81. The standard InChI is InChI=1S/C8H10N2S.C2H6/c1-3-4-5-7-6(2)11-8(9)10-7;1-2/h3-5H,1H2,2H3,(H2,9,10);1-2H3/b5-4-;. The third-order valence-electron chi connectivity index (χ3n) is 1.24. The second-order valence-corrected chi connectivity index (χ2v) is 3.32. The van der Waals surface area contributed by atoms with E-state index in [0.29, 0.717) is 5.13 Å². The second-order valence-electron chi connectivity index (χ2n) is 2.09. The zero-order chi connectivity index (χ0) is 10.3. The minimum absolute atomic E-state index is 0.617. The van der Waals surface area contributed by atoms with Crippen LogP contribution in [-0.2, 0) is 0 Å². The summed E-state index contributed by atoms with van der Waals surface area (Å²) >= 11 is 1.50. The van der Waals surface area contributed by atoms with Crippen LogP contribution in [0.2, 0.25) is 0 Å². The molecule has 1 aromatic rings. The molecule has 0 radical (unpaired) electrons. The van der Waals surface area contributed by atoms with E-state index in [9.17, 15) is 0 Å². The number of hydrogen-bond donors (Lipinski definition) is 1. The van der Waals surface area contributed by atoms with E-state index in [1.165, 1.54) is 11.3 Å². The first-order chi connectivity index (χ1) is 6.24. The van der Waals surface area contributed by atoms with Gasteiger partial charge in [0.05, 0.1) is 5.69 Å². The summed E-state index contributed by atoms with van der Waals surface area (Å²) < 4.78 is 0. The molecule has 0 saturated carbocycles. The van der Waals surface area contributed by atoms with Gasteiger partial charge < -0.3 is 5.73 Å². The van der Waals surface area contributed by atoms with Gasteiger partial charge in [0.25, 0.3) is 0 Å².